The van der Waals surface area contributed by atoms with E-state index < -0.39 is 0 Å². The highest BCUT2D eigenvalue weighted by molar-refractivity contribution is 5.14. The van der Waals surface area contributed by atoms with Gasteiger partial charge in [0.05, 0.1) is 0 Å². The van der Waals surface area contributed by atoms with Crippen molar-refractivity contribution in [2.75, 3.05) is 19.6 Å². The molecule has 1 N–H and O–H groups in total. The molecular weight excluding hydrogens is 244 g/mol. The summed E-state index contributed by atoms with van der Waals surface area (Å²) in [5.41, 5.74) is 1.47. The number of hydrogen-bond donors (Lipinski definition) is 1. The lowest BCUT2D eigenvalue weighted by Gasteiger charge is -2.29. The summed E-state index contributed by atoms with van der Waals surface area (Å²) in [6.07, 6.45) is 6.53. The van der Waals surface area contributed by atoms with E-state index in [0.717, 1.165) is 6.04 Å². The third-order valence-electron chi connectivity index (χ3n) is 4.35. The Hall–Kier alpha value is -0.860. The molecule has 0 amide bonds. The Morgan fingerprint density at radius 3 is 2.65 bits per heavy atom. The topological polar surface area (TPSA) is 15.3 Å². The monoisotopic (exact) mass is 274 g/mol. The molecule has 0 bridgehead atoms. The standard InChI is InChI=1S/C18H30N2/c1-16(2)20(15-18-12-8-13-19-18)14-7-6-11-17-9-4-3-5-10-17/h3-5,9-10,16,18-19H,6-8,11-15H2,1-2H3. The highest BCUT2D eigenvalue weighted by atomic mass is 15.2. The fraction of sp³-hybridized carbons (Fsp3) is 0.667. The van der Waals surface area contributed by atoms with Crippen LogP contribution in [0.4, 0.5) is 0 Å². The number of benzene rings is 1. The van der Waals surface area contributed by atoms with Crippen molar-refractivity contribution in [2.45, 2.75) is 58.0 Å². The highest BCUT2D eigenvalue weighted by Gasteiger charge is 2.19. The van der Waals surface area contributed by atoms with Gasteiger partial charge < -0.3 is 5.32 Å². The lowest BCUT2D eigenvalue weighted by Crippen LogP contribution is -2.41. The van der Waals surface area contributed by atoms with Gasteiger partial charge in [0.15, 0.2) is 0 Å². The van der Waals surface area contributed by atoms with Crippen molar-refractivity contribution in [3.8, 4) is 0 Å². The summed E-state index contributed by atoms with van der Waals surface area (Å²) in [5, 5.41) is 3.62. The van der Waals surface area contributed by atoms with Crippen LogP contribution in [-0.2, 0) is 6.42 Å². The molecule has 1 aromatic carbocycles. The molecular formula is C18H30N2. The Balaban J connectivity index is 1.66. The van der Waals surface area contributed by atoms with E-state index in [2.05, 4.69) is 54.4 Å². The van der Waals surface area contributed by atoms with Gasteiger partial charge in [0.25, 0.3) is 0 Å². The smallest absolute Gasteiger partial charge is 0.0195 e. The van der Waals surface area contributed by atoms with E-state index in [4.69, 9.17) is 0 Å². The van der Waals surface area contributed by atoms with E-state index in [1.807, 2.05) is 0 Å². The quantitative estimate of drug-likeness (QED) is 0.730. The molecule has 1 aliphatic rings. The summed E-state index contributed by atoms with van der Waals surface area (Å²) in [6.45, 7) is 8.33. The van der Waals surface area contributed by atoms with Gasteiger partial charge >= 0.3 is 0 Å². The number of aryl methyl sites for hydroxylation is 1. The van der Waals surface area contributed by atoms with Crippen molar-refractivity contribution in [1.29, 1.82) is 0 Å². The van der Waals surface area contributed by atoms with Gasteiger partial charge in [0, 0.05) is 18.6 Å². The predicted molar refractivity (Wildman–Crippen MR) is 87.1 cm³/mol. The molecule has 2 nitrogen and oxygen atoms in total. The van der Waals surface area contributed by atoms with Crippen LogP contribution < -0.4 is 5.32 Å². The molecule has 1 aromatic rings. The molecule has 1 saturated heterocycles. The van der Waals surface area contributed by atoms with Crippen molar-refractivity contribution in [3.63, 3.8) is 0 Å². The van der Waals surface area contributed by atoms with Crippen LogP contribution in [0.3, 0.4) is 0 Å². The molecule has 1 aliphatic heterocycles. The number of unbranched alkanes of at least 4 members (excludes halogenated alkanes) is 1. The normalized spacial score (nSPS) is 19.1. The zero-order chi connectivity index (χ0) is 14.2. The van der Waals surface area contributed by atoms with Gasteiger partial charge in [-0.3, -0.25) is 4.90 Å². The summed E-state index contributed by atoms with van der Waals surface area (Å²) in [4.78, 5) is 2.65. The number of nitrogens with one attached hydrogen (secondary N) is 1. The molecule has 20 heavy (non-hydrogen) atoms. The largest absolute Gasteiger partial charge is 0.313 e. The Morgan fingerprint density at radius 1 is 1.20 bits per heavy atom. The lowest BCUT2D eigenvalue weighted by molar-refractivity contribution is 0.199. The van der Waals surface area contributed by atoms with E-state index >= 15 is 0 Å². The molecule has 1 atom stereocenters. The van der Waals surface area contributed by atoms with E-state index in [9.17, 15) is 0 Å². The maximum atomic E-state index is 3.62. The Morgan fingerprint density at radius 2 is 2.00 bits per heavy atom. The van der Waals surface area contributed by atoms with Crippen LogP contribution in [0.5, 0.6) is 0 Å². The van der Waals surface area contributed by atoms with E-state index in [1.54, 1.807) is 0 Å². The SMILES string of the molecule is CC(C)N(CCCCc1ccccc1)CC1CCCN1. The van der Waals surface area contributed by atoms with Crippen LogP contribution in [0.1, 0.15) is 45.1 Å². The van der Waals surface area contributed by atoms with Crippen molar-refractivity contribution in [1.82, 2.24) is 10.2 Å². The first-order chi connectivity index (χ1) is 9.75. The van der Waals surface area contributed by atoms with Crippen LogP contribution in [0, 0.1) is 0 Å². The van der Waals surface area contributed by atoms with E-state index in [-0.39, 0.29) is 0 Å². The Labute approximate surface area is 124 Å². The van der Waals surface area contributed by atoms with Gasteiger partial charge in [0.1, 0.15) is 0 Å². The van der Waals surface area contributed by atoms with Gasteiger partial charge in [-0.15, -0.1) is 0 Å². The molecule has 0 aliphatic carbocycles. The number of hydrogen-bond acceptors (Lipinski definition) is 2. The fourth-order valence-corrected chi connectivity index (χ4v) is 3.04. The zero-order valence-electron chi connectivity index (χ0n) is 13.1. The van der Waals surface area contributed by atoms with Crippen LogP contribution >= 0.6 is 0 Å². The molecule has 1 heterocycles. The van der Waals surface area contributed by atoms with Crippen LogP contribution in [0.15, 0.2) is 30.3 Å². The van der Waals surface area contributed by atoms with Crippen molar-refractivity contribution < 1.29 is 0 Å². The minimum Gasteiger partial charge on any atom is -0.313 e. The molecule has 1 fully saturated rings. The summed E-state index contributed by atoms with van der Waals surface area (Å²) in [7, 11) is 0. The second kappa shape index (κ2) is 8.43. The second-order valence-electron chi connectivity index (χ2n) is 6.32. The van der Waals surface area contributed by atoms with E-state index in [1.165, 1.54) is 57.3 Å². The predicted octanol–water partition coefficient (Wildman–Crippen LogP) is 3.47. The molecule has 0 radical (unpaired) electrons. The van der Waals surface area contributed by atoms with Crippen molar-refractivity contribution >= 4 is 0 Å². The number of rotatable bonds is 8. The fourth-order valence-electron chi connectivity index (χ4n) is 3.04. The van der Waals surface area contributed by atoms with Crippen LogP contribution in [0.2, 0.25) is 0 Å². The van der Waals surface area contributed by atoms with Crippen molar-refractivity contribution in [2.24, 2.45) is 0 Å². The second-order valence-corrected chi connectivity index (χ2v) is 6.32. The molecule has 2 rings (SSSR count). The Bertz CT molecular complexity index is 355. The summed E-state index contributed by atoms with van der Waals surface area (Å²) < 4.78 is 0. The third kappa shape index (κ3) is 5.26. The van der Waals surface area contributed by atoms with Gasteiger partial charge in [0.2, 0.25) is 0 Å². The summed E-state index contributed by atoms with van der Waals surface area (Å²) in [6, 6.07) is 12.2. The minimum absolute atomic E-state index is 0.661. The Kier molecular flexibility index (Phi) is 6.55. The first-order valence-electron chi connectivity index (χ1n) is 8.27. The average molecular weight is 274 g/mol. The van der Waals surface area contributed by atoms with Gasteiger partial charge in [-0.05, 0) is 64.6 Å². The van der Waals surface area contributed by atoms with Gasteiger partial charge in [-0.1, -0.05) is 30.3 Å². The van der Waals surface area contributed by atoms with Crippen molar-refractivity contribution in [3.05, 3.63) is 35.9 Å². The number of nitrogens with zero attached hydrogens (tertiary/aromatic N) is 1. The zero-order valence-corrected chi connectivity index (χ0v) is 13.1. The maximum Gasteiger partial charge on any atom is 0.0195 e. The third-order valence-corrected chi connectivity index (χ3v) is 4.35. The molecule has 0 spiro atoms. The molecule has 0 aromatic heterocycles. The first-order valence-corrected chi connectivity index (χ1v) is 8.27. The van der Waals surface area contributed by atoms with E-state index in [0.29, 0.717) is 6.04 Å². The first kappa shape index (κ1) is 15.5. The van der Waals surface area contributed by atoms with Crippen LogP contribution in [-0.4, -0.2) is 36.6 Å². The molecule has 1 unspecified atom stereocenters. The molecule has 112 valence electrons. The van der Waals surface area contributed by atoms with Gasteiger partial charge in [-0.25, -0.2) is 0 Å². The lowest BCUT2D eigenvalue weighted by atomic mass is 10.1. The molecule has 2 heteroatoms. The summed E-state index contributed by atoms with van der Waals surface area (Å²) in [5.74, 6) is 0. The summed E-state index contributed by atoms with van der Waals surface area (Å²) >= 11 is 0. The maximum absolute atomic E-state index is 3.62. The highest BCUT2D eigenvalue weighted by Crippen LogP contribution is 2.11. The molecule has 0 saturated carbocycles. The van der Waals surface area contributed by atoms with Crippen LogP contribution in [0.25, 0.3) is 0 Å². The van der Waals surface area contributed by atoms with Gasteiger partial charge in [-0.2, -0.15) is 0 Å². The minimum atomic E-state index is 0.661. The average Bonchev–Trinajstić information content (AvgIpc) is 2.96.